The Balaban J connectivity index is 2.04. The second kappa shape index (κ2) is 4.71. The summed E-state index contributed by atoms with van der Waals surface area (Å²) in [5, 5.41) is 5.63. The normalized spacial score (nSPS) is 10.9. The summed E-state index contributed by atoms with van der Waals surface area (Å²) in [5.74, 6) is -1.36. The lowest BCUT2D eigenvalue weighted by Crippen LogP contribution is -1.97. The highest BCUT2D eigenvalue weighted by molar-refractivity contribution is 7.16. The monoisotopic (exact) mass is 297 g/mol. The Bertz CT molecular complexity index is 760. The SMILES string of the molecule is Fc1ccc(Nc2nc(Cl)nc3sccc23)cc1F. The number of nitrogens with zero attached hydrogens (tertiary/aromatic N) is 2. The summed E-state index contributed by atoms with van der Waals surface area (Å²) < 4.78 is 26.0. The van der Waals surface area contributed by atoms with Gasteiger partial charge in [0.25, 0.3) is 0 Å². The second-order valence-electron chi connectivity index (χ2n) is 3.73. The molecule has 0 aliphatic rings. The van der Waals surface area contributed by atoms with Gasteiger partial charge in [-0.25, -0.2) is 13.8 Å². The van der Waals surface area contributed by atoms with E-state index in [0.29, 0.717) is 11.5 Å². The number of benzene rings is 1. The summed E-state index contributed by atoms with van der Waals surface area (Å²) >= 11 is 7.24. The van der Waals surface area contributed by atoms with Crippen molar-refractivity contribution in [2.24, 2.45) is 0 Å². The zero-order valence-corrected chi connectivity index (χ0v) is 10.9. The minimum atomic E-state index is -0.924. The smallest absolute Gasteiger partial charge is 0.225 e. The van der Waals surface area contributed by atoms with Crippen LogP contribution in [0.15, 0.2) is 29.6 Å². The molecule has 0 bridgehead atoms. The van der Waals surface area contributed by atoms with Gasteiger partial charge in [0.15, 0.2) is 11.6 Å². The minimum absolute atomic E-state index is 0.0973. The topological polar surface area (TPSA) is 37.8 Å². The third-order valence-electron chi connectivity index (χ3n) is 2.48. The third kappa shape index (κ3) is 2.36. The summed E-state index contributed by atoms with van der Waals surface area (Å²) in [6, 6.07) is 5.36. The van der Waals surface area contributed by atoms with Gasteiger partial charge in [0.05, 0.1) is 5.39 Å². The van der Waals surface area contributed by atoms with Crippen LogP contribution < -0.4 is 5.32 Å². The van der Waals surface area contributed by atoms with Gasteiger partial charge in [-0.05, 0) is 35.2 Å². The van der Waals surface area contributed by atoms with Gasteiger partial charge in [-0.2, -0.15) is 4.98 Å². The van der Waals surface area contributed by atoms with E-state index < -0.39 is 11.6 Å². The van der Waals surface area contributed by atoms with Gasteiger partial charge in [0, 0.05) is 11.8 Å². The lowest BCUT2D eigenvalue weighted by Gasteiger charge is -2.07. The van der Waals surface area contributed by atoms with Gasteiger partial charge in [0.2, 0.25) is 5.28 Å². The van der Waals surface area contributed by atoms with Crippen LogP contribution in [0.5, 0.6) is 0 Å². The molecule has 0 fully saturated rings. The molecule has 2 heterocycles. The largest absolute Gasteiger partial charge is 0.339 e. The first-order valence-electron chi connectivity index (χ1n) is 5.26. The van der Waals surface area contributed by atoms with E-state index in [4.69, 9.17) is 11.6 Å². The van der Waals surface area contributed by atoms with E-state index in [1.807, 2.05) is 11.4 Å². The van der Waals surface area contributed by atoms with Crippen molar-refractivity contribution in [1.29, 1.82) is 0 Å². The van der Waals surface area contributed by atoms with E-state index >= 15 is 0 Å². The van der Waals surface area contributed by atoms with Crippen molar-refractivity contribution < 1.29 is 8.78 Å². The molecular weight excluding hydrogens is 292 g/mol. The Labute approximate surface area is 115 Å². The highest BCUT2D eigenvalue weighted by Crippen LogP contribution is 2.28. The standard InChI is InChI=1S/C12H6ClF2N3S/c13-12-17-10(7-3-4-19-11(7)18-12)16-6-1-2-8(14)9(15)5-6/h1-5H,(H,16,17,18). The van der Waals surface area contributed by atoms with Crippen LogP contribution in [0.4, 0.5) is 20.3 Å². The second-order valence-corrected chi connectivity index (χ2v) is 4.97. The maximum absolute atomic E-state index is 13.1. The van der Waals surface area contributed by atoms with Crippen LogP contribution in [0, 0.1) is 11.6 Å². The Morgan fingerprint density at radius 2 is 1.95 bits per heavy atom. The molecule has 0 spiro atoms. The maximum atomic E-state index is 13.1. The van der Waals surface area contributed by atoms with E-state index in [2.05, 4.69) is 15.3 Å². The molecule has 0 unspecified atom stereocenters. The number of anilines is 2. The molecular formula is C12H6ClF2N3S. The lowest BCUT2D eigenvalue weighted by molar-refractivity contribution is 0.509. The zero-order chi connectivity index (χ0) is 13.4. The quantitative estimate of drug-likeness (QED) is 0.714. The molecule has 0 atom stereocenters. The lowest BCUT2D eigenvalue weighted by atomic mass is 10.3. The number of rotatable bonds is 2. The van der Waals surface area contributed by atoms with Crippen molar-refractivity contribution in [3.63, 3.8) is 0 Å². The fourth-order valence-electron chi connectivity index (χ4n) is 1.64. The van der Waals surface area contributed by atoms with Gasteiger partial charge >= 0.3 is 0 Å². The van der Waals surface area contributed by atoms with Crippen molar-refractivity contribution in [2.45, 2.75) is 0 Å². The van der Waals surface area contributed by atoms with Gasteiger partial charge in [-0.15, -0.1) is 11.3 Å². The number of thiophene rings is 1. The number of aromatic nitrogens is 2. The first-order chi connectivity index (χ1) is 9.13. The summed E-state index contributed by atoms with van der Waals surface area (Å²) in [5.41, 5.74) is 0.390. The molecule has 0 aliphatic carbocycles. The molecule has 1 N–H and O–H groups in total. The zero-order valence-electron chi connectivity index (χ0n) is 9.32. The van der Waals surface area contributed by atoms with E-state index in [-0.39, 0.29) is 5.28 Å². The van der Waals surface area contributed by atoms with Crippen LogP contribution in [-0.4, -0.2) is 9.97 Å². The fourth-order valence-corrected chi connectivity index (χ4v) is 2.62. The Morgan fingerprint density at radius 3 is 2.74 bits per heavy atom. The van der Waals surface area contributed by atoms with E-state index in [1.54, 1.807) is 0 Å². The van der Waals surface area contributed by atoms with E-state index in [1.165, 1.54) is 17.4 Å². The molecule has 7 heteroatoms. The Kier molecular flexibility index (Phi) is 3.04. The molecule has 0 saturated heterocycles. The van der Waals surface area contributed by atoms with Gasteiger partial charge < -0.3 is 5.32 Å². The van der Waals surface area contributed by atoms with Crippen LogP contribution in [0.1, 0.15) is 0 Å². The fraction of sp³-hybridized carbons (Fsp3) is 0. The number of nitrogens with one attached hydrogen (secondary N) is 1. The predicted octanol–water partition coefficient (Wildman–Crippen LogP) is 4.37. The molecule has 0 amide bonds. The van der Waals surface area contributed by atoms with Crippen LogP contribution in [0.25, 0.3) is 10.2 Å². The summed E-state index contributed by atoms with van der Waals surface area (Å²) in [6.07, 6.45) is 0. The molecule has 2 aromatic heterocycles. The minimum Gasteiger partial charge on any atom is -0.339 e. The summed E-state index contributed by atoms with van der Waals surface area (Å²) in [7, 11) is 0. The number of halogens is 3. The highest BCUT2D eigenvalue weighted by atomic mass is 35.5. The van der Waals surface area contributed by atoms with Crippen LogP contribution in [-0.2, 0) is 0 Å². The van der Waals surface area contributed by atoms with Crippen LogP contribution in [0.2, 0.25) is 5.28 Å². The Morgan fingerprint density at radius 1 is 1.11 bits per heavy atom. The average molecular weight is 298 g/mol. The van der Waals surface area contributed by atoms with Crippen LogP contribution in [0.3, 0.4) is 0 Å². The molecule has 96 valence electrons. The molecule has 3 rings (SSSR count). The predicted molar refractivity (Wildman–Crippen MR) is 72.1 cm³/mol. The molecule has 0 saturated carbocycles. The highest BCUT2D eigenvalue weighted by Gasteiger charge is 2.09. The first-order valence-corrected chi connectivity index (χ1v) is 6.52. The Hall–Kier alpha value is -1.79. The van der Waals surface area contributed by atoms with Gasteiger partial charge in [0.1, 0.15) is 10.6 Å². The average Bonchev–Trinajstić information content (AvgIpc) is 2.82. The molecule has 0 radical (unpaired) electrons. The summed E-state index contributed by atoms with van der Waals surface area (Å²) in [6.45, 7) is 0. The molecule has 3 aromatic rings. The van der Waals surface area contributed by atoms with Crippen LogP contribution >= 0.6 is 22.9 Å². The van der Waals surface area contributed by atoms with Crippen molar-refractivity contribution in [1.82, 2.24) is 9.97 Å². The molecule has 0 aliphatic heterocycles. The number of fused-ring (bicyclic) bond motifs is 1. The third-order valence-corrected chi connectivity index (χ3v) is 3.46. The van der Waals surface area contributed by atoms with E-state index in [0.717, 1.165) is 22.3 Å². The van der Waals surface area contributed by atoms with Crippen molar-refractivity contribution in [2.75, 3.05) is 5.32 Å². The van der Waals surface area contributed by atoms with Crippen molar-refractivity contribution in [3.05, 3.63) is 46.6 Å². The van der Waals surface area contributed by atoms with Gasteiger partial charge in [-0.1, -0.05) is 0 Å². The van der Waals surface area contributed by atoms with Crippen molar-refractivity contribution in [3.8, 4) is 0 Å². The number of hydrogen-bond acceptors (Lipinski definition) is 4. The molecule has 1 aromatic carbocycles. The van der Waals surface area contributed by atoms with Gasteiger partial charge in [-0.3, -0.25) is 0 Å². The van der Waals surface area contributed by atoms with E-state index in [9.17, 15) is 8.78 Å². The first kappa shape index (κ1) is 12.3. The molecule has 19 heavy (non-hydrogen) atoms. The summed E-state index contributed by atoms with van der Waals surface area (Å²) in [4.78, 5) is 8.85. The maximum Gasteiger partial charge on any atom is 0.225 e. The number of hydrogen-bond donors (Lipinski definition) is 1. The van der Waals surface area contributed by atoms with Crippen molar-refractivity contribution >= 4 is 44.7 Å². The molecule has 3 nitrogen and oxygen atoms in total.